The van der Waals surface area contributed by atoms with Gasteiger partial charge in [0.15, 0.2) is 0 Å². The molecule has 0 atom stereocenters. The molecule has 1 rings (SSSR count). The molecule has 1 aromatic carbocycles. The third-order valence-corrected chi connectivity index (χ3v) is 3.96. The van der Waals surface area contributed by atoms with Gasteiger partial charge in [-0.15, -0.1) is 0 Å². The highest BCUT2D eigenvalue weighted by atomic mass is 32.2. The van der Waals surface area contributed by atoms with Crippen LogP contribution in [0.25, 0.3) is 0 Å². The fourth-order valence-electron chi connectivity index (χ4n) is 1.66. The van der Waals surface area contributed by atoms with Crippen molar-refractivity contribution in [1.82, 2.24) is 0 Å². The molecule has 1 aromatic rings. The first-order valence-electron chi connectivity index (χ1n) is 6.27. The summed E-state index contributed by atoms with van der Waals surface area (Å²) in [5.74, 6) is 0.0459. The lowest BCUT2D eigenvalue weighted by Gasteiger charge is -2.08. The summed E-state index contributed by atoms with van der Waals surface area (Å²) in [7, 11) is -3.29. The van der Waals surface area contributed by atoms with Gasteiger partial charge in [0.1, 0.15) is 0 Å². The number of benzene rings is 1. The number of aliphatic hydroxyl groups is 1. The van der Waals surface area contributed by atoms with E-state index >= 15 is 0 Å². The monoisotopic (exact) mass is 271 g/mol. The average Bonchev–Trinajstić information content (AvgIpc) is 2.32. The second-order valence-corrected chi connectivity index (χ2v) is 6.14. The minimum absolute atomic E-state index is 0.0290. The predicted octanol–water partition coefficient (Wildman–Crippen LogP) is 2.15. The van der Waals surface area contributed by atoms with Gasteiger partial charge in [0, 0.05) is 12.3 Å². The molecule has 0 aromatic heterocycles. The van der Waals surface area contributed by atoms with Crippen molar-refractivity contribution >= 4 is 15.7 Å². The zero-order valence-corrected chi connectivity index (χ0v) is 11.5. The molecule has 0 aliphatic rings. The summed E-state index contributed by atoms with van der Waals surface area (Å²) in [6, 6.07) is 7.45. The molecule has 0 spiro atoms. The molecule has 2 N–H and O–H groups in total. The van der Waals surface area contributed by atoms with Crippen LogP contribution in [0.3, 0.4) is 0 Å². The van der Waals surface area contributed by atoms with Gasteiger partial charge in [-0.2, -0.15) is 0 Å². The summed E-state index contributed by atoms with van der Waals surface area (Å²) in [5.41, 5.74) is 1.81. The maximum absolute atomic E-state index is 11.7. The van der Waals surface area contributed by atoms with E-state index in [-0.39, 0.29) is 12.4 Å². The zero-order chi connectivity index (χ0) is 13.4. The van der Waals surface area contributed by atoms with Crippen LogP contribution in [0.1, 0.15) is 31.7 Å². The number of unbranched alkanes of at least 4 members (excludes halogenated alkanes) is 1. The number of aliphatic hydroxyl groups excluding tert-OH is 1. The smallest absolute Gasteiger partial charge is 0.232 e. The zero-order valence-electron chi connectivity index (χ0n) is 10.7. The normalized spacial score (nSPS) is 11.4. The van der Waals surface area contributed by atoms with Gasteiger partial charge in [-0.25, -0.2) is 8.42 Å². The van der Waals surface area contributed by atoms with Gasteiger partial charge in [0.25, 0.3) is 0 Å². The number of aryl methyl sites for hydroxylation is 1. The Morgan fingerprint density at radius 1 is 1.17 bits per heavy atom. The Labute approximate surface area is 109 Å². The van der Waals surface area contributed by atoms with E-state index in [1.165, 1.54) is 5.56 Å². The molecule has 0 fully saturated rings. The number of nitrogens with one attached hydrogen (secondary N) is 1. The number of rotatable bonds is 8. The maximum atomic E-state index is 11.7. The van der Waals surface area contributed by atoms with Gasteiger partial charge in [0.2, 0.25) is 10.0 Å². The number of sulfonamides is 1. The molecule has 0 saturated carbocycles. The van der Waals surface area contributed by atoms with Crippen LogP contribution >= 0.6 is 0 Å². The maximum Gasteiger partial charge on any atom is 0.232 e. The molecular weight excluding hydrogens is 250 g/mol. The SMILES string of the molecule is CCCc1ccc(NS(=O)(=O)CCCCO)cc1. The Kier molecular flexibility index (Phi) is 6.15. The van der Waals surface area contributed by atoms with Crippen LogP contribution in [-0.2, 0) is 16.4 Å². The number of hydrogen-bond acceptors (Lipinski definition) is 3. The topological polar surface area (TPSA) is 66.4 Å². The lowest BCUT2D eigenvalue weighted by molar-refractivity contribution is 0.287. The highest BCUT2D eigenvalue weighted by Gasteiger charge is 2.09. The molecule has 102 valence electrons. The van der Waals surface area contributed by atoms with Crippen LogP contribution in [-0.4, -0.2) is 25.9 Å². The molecule has 0 heterocycles. The third-order valence-electron chi connectivity index (χ3n) is 2.59. The van der Waals surface area contributed by atoms with Crippen LogP contribution in [0.2, 0.25) is 0 Å². The predicted molar refractivity (Wildman–Crippen MR) is 74.2 cm³/mol. The highest BCUT2D eigenvalue weighted by molar-refractivity contribution is 7.92. The summed E-state index contributed by atoms with van der Waals surface area (Å²) < 4.78 is 25.9. The molecule has 4 nitrogen and oxygen atoms in total. The molecule has 0 radical (unpaired) electrons. The number of anilines is 1. The first-order valence-corrected chi connectivity index (χ1v) is 7.93. The molecule has 0 unspecified atom stereocenters. The molecule has 0 saturated heterocycles. The Morgan fingerprint density at radius 2 is 1.83 bits per heavy atom. The standard InChI is InChI=1S/C13H21NO3S/c1-2-5-12-6-8-13(9-7-12)14-18(16,17)11-4-3-10-15/h6-9,14-15H,2-5,10-11H2,1H3. The molecule has 18 heavy (non-hydrogen) atoms. The fourth-order valence-corrected chi connectivity index (χ4v) is 2.84. The first-order chi connectivity index (χ1) is 8.57. The van der Waals surface area contributed by atoms with Crippen molar-refractivity contribution in [2.45, 2.75) is 32.6 Å². The Morgan fingerprint density at radius 3 is 2.39 bits per heavy atom. The van der Waals surface area contributed by atoms with E-state index in [1.807, 2.05) is 12.1 Å². The van der Waals surface area contributed by atoms with Crippen molar-refractivity contribution in [1.29, 1.82) is 0 Å². The third kappa shape index (κ3) is 5.51. The largest absolute Gasteiger partial charge is 0.396 e. The van der Waals surface area contributed by atoms with Gasteiger partial charge < -0.3 is 5.11 Å². The first kappa shape index (κ1) is 15.0. The molecule has 0 bridgehead atoms. The Hall–Kier alpha value is -1.07. The van der Waals surface area contributed by atoms with Gasteiger partial charge in [0.05, 0.1) is 5.75 Å². The minimum Gasteiger partial charge on any atom is -0.396 e. The van der Waals surface area contributed by atoms with Crippen LogP contribution in [0, 0.1) is 0 Å². The van der Waals surface area contributed by atoms with Crippen molar-refractivity contribution in [3.8, 4) is 0 Å². The van der Waals surface area contributed by atoms with Gasteiger partial charge in [-0.05, 0) is 37.0 Å². The average molecular weight is 271 g/mol. The molecule has 0 aliphatic carbocycles. The van der Waals surface area contributed by atoms with Crippen LogP contribution in [0.5, 0.6) is 0 Å². The molecule has 0 aliphatic heterocycles. The molecular formula is C13H21NO3S. The second-order valence-electron chi connectivity index (χ2n) is 4.30. The van der Waals surface area contributed by atoms with Gasteiger partial charge >= 0.3 is 0 Å². The lowest BCUT2D eigenvalue weighted by atomic mass is 10.1. The van der Waals surface area contributed by atoms with Crippen LogP contribution in [0.4, 0.5) is 5.69 Å². The van der Waals surface area contributed by atoms with Crippen molar-refractivity contribution in [3.05, 3.63) is 29.8 Å². The quantitative estimate of drug-likeness (QED) is 0.712. The van der Waals surface area contributed by atoms with E-state index in [9.17, 15) is 8.42 Å². The highest BCUT2D eigenvalue weighted by Crippen LogP contribution is 2.13. The summed E-state index contributed by atoms with van der Waals surface area (Å²) in [5, 5.41) is 8.62. The van der Waals surface area contributed by atoms with Crippen molar-refractivity contribution in [2.75, 3.05) is 17.1 Å². The number of hydrogen-bond donors (Lipinski definition) is 2. The summed E-state index contributed by atoms with van der Waals surface area (Å²) >= 11 is 0. The van der Waals surface area contributed by atoms with Gasteiger partial charge in [-0.1, -0.05) is 25.5 Å². The van der Waals surface area contributed by atoms with Crippen molar-refractivity contribution < 1.29 is 13.5 Å². The van der Waals surface area contributed by atoms with Crippen LogP contribution in [0.15, 0.2) is 24.3 Å². The van der Waals surface area contributed by atoms with E-state index in [1.54, 1.807) is 12.1 Å². The molecule has 0 amide bonds. The van der Waals surface area contributed by atoms with Crippen molar-refractivity contribution in [3.63, 3.8) is 0 Å². The van der Waals surface area contributed by atoms with E-state index in [2.05, 4.69) is 11.6 Å². The Bertz CT molecular complexity index is 440. The van der Waals surface area contributed by atoms with E-state index in [0.29, 0.717) is 18.5 Å². The van der Waals surface area contributed by atoms with Crippen molar-refractivity contribution in [2.24, 2.45) is 0 Å². The Balaban J connectivity index is 2.55. The van der Waals surface area contributed by atoms with E-state index in [4.69, 9.17) is 5.11 Å². The second kappa shape index (κ2) is 7.38. The van der Waals surface area contributed by atoms with E-state index < -0.39 is 10.0 Å². The lowest BCUT2D eigenvalue weighted by Crippen LogP contribution is -2.16. The summed E-state index contributed by atoms with van der Waals surface area (Å²) in [4.78, 5) is 0. The summed E-state index contributed by atoms with van der Waals surface area (Å²) in [6.07, 6.45) is 3.06. The fraction of sp³-hybridized carbons (Fsp3) is 0.538. The minimum atomic E-state index is -3.29. The van der Waals surface area contributed by atoms with Crippen LogP contribution < -0.4 is 4.72 Å². The summed E-state index contributed by atoms with van der Waals surface area (Å²) in [6.45, 7) is 2.14. The van der Waals surface area contributed by atoms with E-state index in [0.717, 1.165) is 12.8 Å². The molecule has 5 heteroatoms. The van der Waals surface area contributed by atoms with Gasteiger partial charge in [-0.3, -0.25) is 4.72 Å².